The van der Waals surface area contributed by atoms with E-state index in [-0.39, 0.29) is 0 Å². The number of nitrogens with zero attached hydrogens (tertiary/aromatic N) is 2. The van der Waals surface area contributed by atoms with Crippen LogP contribution in [-0.2, 0) is 6.54 Å². The first kappa shape index (κ1) is 16.8. The Morgan fingerprint density at radius 2 is 1.56 bits per heavy atom. The summed E-state index contributed by atoms with van der Waals surface area (Å²) in [5, 5.41) is 6.20. The number of hydrogen-bond donors (Lipinski definition) is 2. The molecule has 4 nitrogen and oxygen atoms in total. The van der Waals surface area contributed by atoms with Gasteiger partial charge >= 0.3 is 0 Å². The number of aromatic nitrogens is 2. The maximum absolute atomic E-state index is 13.3. The highest BCUT2D eigenvalue weighted by molar-refractivity contribution is 5.59. The van der Waals surface area contributed by atoms with E-state index in [2.05, 4.69) is 44.9 Å². The van der Waals surface area contributed by atoms with E-state index in [1.165, 1.54) is 11.6 Å². The number of nitrogens with one attached hydrogen (secondary N) is 2. The lowest BCUT2D eigenvalue weighted by molar-refractivity contribution is 0.509. The molecule has 0 aliphatic heterocycles. The van der Waals surface area contributed by atoms with E-state index in [4.69, 9.17) is 0 Å². The van der Waals surface area contributed by atoms with Crippen LogP contribution in [0.5, 0.6) is 0 Å². The lowest BCUT2D eigenvalue weighted by Gasteiger charge is -2.11. The zero-order valence-electron chi connectivity index (χ0n) is 14.0. The first-order valence-corrected chi connectivity index (χ1v) is 7.87. The Morgan fingerprint density at radius 3 is 2.28 bits per heavy atom. The zero-order valence-corrected chi connectivity index (χ0v) is 14.0. The van der Waals surface area contributed by atoms with Gasteiger partial charge in [0.2, 0.25) is 0 Å². The van der Waals surface area contributed by atoms with Gasteiger partial charge in [-0.05, 0) is 31.5 Å². The summed E-state index contributed by atoms with van der Waals surface area (Å²) >= 11 is 0. The molecule has 0 saturated heterocycles. The van der Waals surface area contributed by atoms with Gasteiger partial charge in [-0.25, -0.2) is 18.7 Å². The number of anilines is 3. The van der Waals surface area contributed by atoms with E-state index in [0.29, 0.717) is 29.7 Å². The highest BCUT2D eigenvalue weighted by atomic mass is 19.2. The molecule has 3 aromatic rings. The normalized spacial score (nSPS) is 10.6. The maximum atomic E-state index is 13.3. The van der Waals surface area contributed by atoms with Crippen molar-refractivity contribution in [3.63, 3.8) is 0 Å². The van der Waals surface area contributed by atoms with Crippen LogP contribution in [0, 0.1) is 25.5 Å². The molecular weight excluding hydrogens is 322 g/mol. The Morgan fingerprint density at radius 1 is 0.840 bits per heavy atom. The van der Waals surface area contributed by atoms with Gasteiger partial charge in [-0.15, -0.1) is 0 Å². The minimum atomic E-state index is -0.909. The van der Waals surface area contributed by atoms with Crippen molar-refractivity contribution in [1.29, 1.82) is 0 Å². The first-order chi connectivity index (χ1) is 12.0. The third-order valence-electron chi connectivity index (χ3n) is 3.62. The predicted octanol–water partition coefficient (Wildman–Crippen LogP) is 4.73. The summed E-state index contributed by atoms with van der Waals surface area (Å²) in [5.41, 5.74) is 2.76. The van der Waals surface area contributed by atoms with Crippen LogP contribution in [-0.4, -0.2) is 9.97 Å². The second kappa shape index (κ2) is 7.25. The summed E-state index contributed by atoms with van der Waals surface area (Å²) < 4.78 is 26.3. The highest BCUT2D eigenvalue weighted by Crippen LogP contribution is 2.20. The van der Waals surface area contributed by atoms with Crippen LogP contribution in [0.15, 0.2) is 48.5 Å². The van der Waals surface area contributed by atoms with E-state index in [1.54, 1.807) is 13.0 Å². The van der Waals surface area contributed by atoms with E-state index in [9.17, 15) is 8.78 Å². The molecule has 0 unspecified atom stereocenters. The molecule has 0 spiro atoms. The lowest BCUT2D eigenvalue weighted by Crippen LogP contribution is -2.05. The maximum Gasteiger partial charge on any atom is 0.160 e. The van der Waals surface area contributed by atoms with Gasteiger partial charge < -0.3 is 10.6 Å². The minimum absolute atomic E-state index is 0.418. The molecule has 25 heavy (non-hydrogen) atoms. The molecule has 3 rings (SSSR count). The number of rotatable bonds is 5. The van der Waals surface area contributed by atoms with Crippen molar-refractivity contribution >= 4 is 17.3 Å². The van der Waals surface area contributed by atoms with E-state index in [0.717, 1.165) is 17.7 Å². The Kier molecular flexibility index (Phi) is 4.88. The van der Waals surface area contributed by atoms with E-state index in [1.807, 2.05) is 6.92 Å². The van der Waals surface area contributed by atoms with Crippen LogP contribution in [0.2, 0.25) is 0 Å². The second-order valence-electron chi connectivity index (χ2n) is 5.78. The molecule has 1 aromatic heterocycles. The quantitative estimate of drug-likeness (QED) is 0.705. The summed E-state index contributed by atoms with van der Waals surface area (Å²) in [6.45, 7) is 4.44. The van der Waals surface area contributed by atoms with Gasteiger partial charge in [-0.2, -0.15) is 0 Å². The number of aryl methyl sites for hydroxylation is 2. The monoisotopic (exact) mass is 340 g/mol. The van der Waals surface area contributed by atoms with Gasteiger partial charge in [0.05, 0.1) is 0 Å². The van der Waals surface area contributed by atoms with E-state index >= 15 is 0 Å². The van der Waals surface area contributed by atoms with Crippen LogP contribution < -0.4 is 10.6 Å². The molecule has 0 aliphatic rings. The molecule has 0 amide bonds. The van der Waals surface area contributed by atoms with E-state index < -0.39 is 11.6 Å². The minimum Gasteiger partial charge on any atom is -0.366 e. The number of hydrogen-bond acceptors (Lipinski definition) is 4. The average molecular weight is 340 g/mol. The number of halogens is 2. The highest BCUT2D eigenvalue weighted by Gasteiger charge is 2.06. The van der Waals surface area contributed by atoms with Gasteiger partial charge in [0.1, 0.15) is 17.5 Å². The topological polar surface area (TPSA) is 49.8 Å². The fraction of sp³-hybridized carbons (Fsp3) is 0.158. The van der Waals surface area contributed by atoms with Crippen LogP contribution in [0.4, 0.5) is 26.1 Å². The summed E-state index contributed by atoms with van der Waals surface area (Å²) in [4.78, 5) is 8.61. The third kappa shape index (κ3) is 4.50. The van der Waals surface area contributed by atoms with Crippen LogP contribution in [0.1, 0.15) is 17.0 Å². The summed E-state index contributed by atoms with van der Waals surface area (Å²) in [6.07, 6.45) is 0. The van der Waals surface area contributed by atoms with Gasteiger partial charge in [0, 0.05) is 24.4 Å². The van der Waals surface area contributed by atoms with Crippen molar-refractivity contribution < 1.29 is 8.78 Å². The molecule has 0 atom stereocenters. The fourth-order valence-corrected chi connectivity index (χ4v) is 2.34. The molecule has 128 valence electrons. The Labute approximate surface area is 145 Å². The van der Waals surface area contributed by atoms with Crippen LogP contribution in [0.25, 0.3) is 0 Å². The summed E-state index contributed by atoms with van der Waals surface area (Å²) in [7, 11) is 0. The second-order valence-corrected chi connectivity index (χ2v) is 5.78. The Bertz CT molecular complexity index is 879. The molecule has 0 radical (unpaired) electrons. The number of benzene rings is 2. The van der Waals surface area contributed by atoms with Crippen molar-refractivity contribution in [3.8, 4) is 0 Å². The van der Waals surface area contributed by atoms with Crippen molar-refractivity contribution in [3.05, 3.63) is 77.1 Å². The average Bonchev–Trinajstić information content (AvgIpc) is 2.57. The molecule has 0 aliphatic carbocycles. The van der Waals surface area contributed by atoms with Crippen molar-refractivity contribution in [2.45, 2.75) is 20.4 Å². The zero-order chi connectivity index (χ0) is 17.8. The predicted molar refractivity (Wildman–Crippen MR) is 94.9 cm³/mol. The van der Waals surface area contributed by atoms with Crippen molar-refractivity contribution in [1.82, 2.24) is 9.97 Å². The molecule has 2 aromatic carbocycles. The SMILES string of the molecule is Cc1ccc(CNc2cc(Nc3ccc(F)c(F)c3)nc(C)n2)cc1. The van der Waals surface area contributed by atoms with Crippen LogP contribution in [0.3, 0.4) is 0 Å². The standard InChI is InChI=1S/C19H18F2N4/c1-12-3-5-14(6-4-12)11-22-18-10-19(24-13(2)23-18)25-15-7-8-16(20)17(21)9-15/h3-10H,11H2,1-2H3,(H2,22,23,24,25). The Balaban J connectivity index is 1.73. The Hall–Kier alpha value is -3.02. The van der Waals surface area contributed by atoms with Crippen LogP contribution >= 0.6 is 0 Å². The summed E-state index contributed by atoms with van der Waals surface area (Å²) in [5.74, 6) is -0.0690. The smallest absolute Gasteiger partial charge is 0.160 e. The van der Waals surface area contributed by atoms with Gasteiger partial charge in [0.15, 0.2) is 11.6 Å². The fourth-order valence-electron chi connectivity index (χ4n) is 2.34. The molecule has 2 N–H and O–H groups in total. The summed E-state index contributed by atoms with van der Waals surface area (Å²) in [6, 6.07) is 13.6. The molecular formula is C19H18F2N4. The molecule has 0 bridgehead atoms. The van der Waals surface area contributed by atoms with Gasteiger partial charge in [0.25, 0.3) is 0 Å². The third-order valence-corrected chi connectivity index (χ3v) is 3.62. The van der Waals surface area contributed by atoms with Gasteiger partial charge in [-0.3, -0.25) is 0 Å². The molecule has 0 saturated carbocycles. The lowest BCUT2D eigenvalue weighted by atomic mass is 10.1. The van der Waals surface area contributed by atoms with Gasteiger partial charge in [-0.1, -0.05) is 29.8 Å². The van der Waals surface area contributed by atoms with Crippen molar-refractivity contribution in [2.24, 2.45) is 0 Å². The largest absolute Gasteiger partial charge is 0.366 e. The first-order valence-electron chi connectivity index (χ1n) is 7.87. The van der Waals surface area contributed by atoms with Crippen molar-refractivity contribution in [2.75, 3.05) is 10.6 Å². The molecule has 0 fully saturated rings. The molecule has 1 heterocycles. The molecule has 6 heteroatoms.